The van der Waals surface area contributed by atoms with Gasteiger partial charge in [-0.3, -0.25) is 9.80 Å². The largest absolute Gasteiger partial charge is 0.382 e. The van der Waals surface area contributed by atoms with Crippen LogP contribution in [0.5, 0.6) is 0 Å². The molecule has 0 unspecified atom stereocenters. The molecule has 1 atom stereocenters. The van der Waals surface area contributed by atoms with E-state index in [1.54, 1.807) is 11.0 Å². The van der Waals surface area contributed by atoms with Crippen LogP contribution in [0.1, 0.15) is 30.9 Å². The maximum Gasteiger partial charge on any atom is 0.324 e. The van der Waals surface area contributed by atoms with E-state index >= 15 is 0 Å². The summed E-state index contributed by atoms with van der Waals surface area (Å²) in [5.74, 6) is 0. The molecule has 0 aromatic heterocycles. The summed E-state index contributed by atoms with van der Waals surface area (Å²) >= 11 is 0. The smallest absolute Gasteiger partial charge is 0.324 e. The summed E-state index contributed by atoms with van der Waals surface area (Å²) in [5, 5.41) is 16.1. The van der Waals surface area contributed by atoms with Crippen molar-refractivity contribution in [3.63, 3.8) is 0 Å². The molecule has 2 aliphatic heterocycles. The number of nitrogens with zero attached hydrogens (tertiary/aromatic N) is 4. The van der Waals surface area contributed by atoms with Crippen molar-refractivity contribution in [2.45, 2.75) is 38.4 Å². The van der Waals surface area contributed by atoms with Crippen molar-refractivity contribution in [2.75, 3.05) is 50.0 Å². The maximum absolute atomic E-state index is 13.1. The van der Waals surface area contributed by atoms with Gasteiger partial charge in [-0.05, 0) is 55.7 Å². The van der Waals surface area contributed by atoms with E-state index in [0.717, 1.165) is 63.5 Å². The van der Waals surface area contributed by atoms with E-state index in [-0.39, 0.29) is 6.03 Å². The highest BCUT2D eigenvalue weighted by molar-refractivity contribution is 5.91. The van der Waals surface area contributed by atoms with E-state index < -0.39 is 0 Å². The van der Waals surface area contributed by atoms with Gasteiger partial charge in [0, 0.05) is 69.8 Å². The molecule has 4 rings (SSSR count). The van der Waals surface area contributed by atoms with Gasteiger partial charge in [0.1, 0.15) is 0 Å². The summed E-state index contributed by atoms with van der Waals surface area (Å²) in [7, 11) is 1.85. The molecule has 2 saturated heterocycles. The van der Waals surface area contributed by atoms with Crippen molar-refractivity contribution in [3.05, 3.63) is 59.7 Å². The third-order valence-electron chi connectivity index (χ3n) is 6.60. The Morgan fingerprint density at radius 2 is 1.94 bits per heavy atom. The molecule has 0 saturated carbocycles. The highest BCUT2D eigenvalue weighted by atomic mass is 16.2. The van der Waals surface area contributed by atoms with E-state index in [9.17, 15) is 4.79 Å². The average molecular weight is 447 g/mol. The summed E-state index contributed by atoms with van der Waals surface area (Å²) in [4.78, 5) is 19.2. The van der Waals surface area contributed by atoms with Crippen LogP contribution in [0.15, 0.2) is 48.5 Å². The minimum absolute atomic E-state index is 0.0450. The lowest BCUT2D eigenvalue weighted by Crippen LogP contribution is -2.48. The molecule has 0 aliphatic carbocycles. The predicted molar refractivity (Wildman–Crippen MR) is 132 cm³/mol. The van der Waals surface area contributed by atoms with Crippen LogP contribution in [-0.4, -0.2) is 67.7 Å². The Morgan fingerprint density at radius 1 is 1.18 bits per heavy atom. The van der Waals surface area contributed by atoms with Crippen molar-refractivity contribution >= 4 is 17.4 Å². The number of piperazine rings is 1. The van der Waals surface area contributed by atoms with Gasteiger partial charge in [-0.1, -0.05) is 18.2 Å². The number of carbonyl (C=O) groups is 1. The second-order valence-electron chi connectivity index (χ2n) is 9.20. The number of nitrogens with one attached hydrogen (secondary N) is 2. The first-order valence-corrected chi connectivity index (χ1v) is 11.9. The molecule has 2 aromatic carbocycles. The molecule has 2 fully saturated rings. The number of hydrogen-bond donors (Lipinski definition) is 2. The fourth-order valence-corrected chi connectivity index (χ4v) is 4.69. The number of nitriles is 1. The van der Waals surface area contributed by atoms with Crippen LogP contribution in [-0.2, 0) is 6.54 Å². The Kier molecular flexibility index (Phi) is 7.48. The van der Waals surface area contributed by atoms with E-state index in [2.05, 4.69) is 52.8 Å². The maximum atomic E-state index is 13.1. The van der Waals surface area contributed by atoms with Crippen molar-refractivity contribution in [2.24, 2.45) is 0 Å². The molecule has 174 valence electrons. The monoisotopic (exact) mass is 446 g/mol. The quantitative estimate of drug-likeness (QED) is 0.736. The number of piperidine rings is 1. The highest BCUT2D eigenvalue weighted by Crippen LogP contribution is 2.21. The van der Waals surface area contributed by atoms with Gasteiger partial charge in [0.05, 0.1) is 11.6 Å². The number of amides is 2. The number of rotatable bonds is 5. The minimum Gasteiger partial charge on any atom is -0.382 e. The standard InChI is InChI=1S/C26H34N6O/c1-20-18-31(15-12-28-20)19-21-6-8-25(9-7-21)30(2)26(33)32-13-10-23(11-14-32)29-24-5-3-4-22(16-24)17-27/h3-9,16,20,23,28-29H,10-15,18-19H2,1-2H3/t20-/m0/s1. The van der Waals surface area contributed by atoms with E-state index in [1.165, 1.54) is 5.56 Å². The summed E-state index contributed by atoms with van der Waals surface area (Å²) in [6.07, 6.45) is 1.77. The van der Waals surface area contributed by atoms with Gasteiger partial charge >= 0.3 is 6.03 Å². The Hall–Kier alpha value is -3.08. The average Bonchev–Trinajstić information content (AvgIpc) is 2.84. The summed E-state index contributed by atoms with van der Waals surface area (Å²) in [6.45, 7) is 7.78. The third-order valence-corrected chi connectivity index (χ3v) is 6.60. The van der Waals surface area contributed by atoms with E-state index in [1.807, 2.05) is 30.1 Å². The van der Waals surface area contributed by atoms with Crippen LogP contribution >= 0.6 is 0 Å². The molecule has 2 aromatic rings. The SMILES string of the molecule is C[C@H]1CN(Cc2ccc(N(C)C(=O)N3CCC(Nc4cccc(C#N)c4)CC3)cc2)CCN1. The Labute approximate surface area is 197 Å². The van der Waals surface area contributed by atoms with Gasteiger partial charge in [0.15, 0.2) is 0 Å². The molecule has 7 nitrogen and oxygen atoms in total. The third kappa shape index (κ3) is 6.04. The van der Waals surface area contributed by atoms with Gasteiger partial charge in [-0.15, -0.1) is 0 Å². The molecular formula is C26H34N6O. The molecule has 0 radical (unpaired) electrons. The zero-order valence-electron chi connectivity index (χ0n) is 19.6. The van der Waals surface area contributed by atoms with Gasteiger partial charge in [0.25, 0.3) is 0 Å². The number of urea groups is 1. The first-order chi connectivity index (χ1) is 16.0. The second-order valence-corrected chi connectivity index (χ2v) is 9.20. The summed E-state index contributed by atoms with van der Waals surface area (Å²) < 4.78 is 0. The van der Waals surface area contributed by atoms with Crippen LogP contribution in [0.4, 0.5) is 16.2 Å². The van der Waals surface area contributed by atoms with E-state index in [4.69, 9.17) is 5.26 Å². The Balaban J connectivity index is 1.27. The molecule has 2 amide bonds. The lowest BCUT2D eigenvalue weighted by molar-refractivity contribution is 0.191. The van der Waals surface area contributed by atoms with Gasteiger partial charge in [-0.2, -0.15) is 5.26 Å². The number of carbonyl (C=O) groups excluding carboxylic acids is 1. The van der Waals surface area contributed by atoms with Crippen molar-refractivity contribution in [3.8, 4) is 6.07 Å². The lowest BCUT2D eigenvalue weighted by atomic mass is 10.0. The zero-order valence-corrected chi connectivity index (χ0v) is 19.6. The van der Waals surface area contributed by atoms with Crippen LogP contribution in [0.3, 0.4) is 0 Å². The molecule has 33 heavy (non-hydrogen) atoms. The first-order valence-electron chi connectivity index (χ1n) is 11.9. The highest BCUT2D eigenvalue weighted by Gasteiger charge is 2.25. The van der Waals surface area contributed by atoms with Crippen molar-refractivity contribution < 1.29 is 4.79 Å². The van der Waals surface area contributed by atoms with Crippen molar-refractivity contribution in [1.29, 1.82) is 5.26 Å². The van der Waals surface area contributed by atoms with Crippen LogP contribution in [0.25, 0.3) is 0 Å². The number of benzene rings is 2. The van der Waals surface area contributed by atoms with Gasteiger partial charge in [0.2, 0.25) is 0 Å². The number of anilines is 2. The molecular weight excluding hydrogens is 412 g/mol. The van der Waals surface area contributed by atoms with Crippen LogP contribution in [0.2, 0.25) is 0 Å². The molecule has 7 heteroatoms. The van der Waals surface area contributed by atoms with Crippen LogP contribution in [0, 0.1) is 11.3 Å². The number of hydrogen-bond acceptors (Lipinski definition) is 5. The minimum atomic E-state index is 0.0450. The summed E-state index contributed by atoms with van der Waals surface area (Å²) in [6, 6.07) is 19.0. The van der Waals surface area contributed by atoms with Gasteiger partial charge < -0.3 is 15.5 Å². The van der Waals surface area contributed by atoms with Gasteiger partial charge in [-0.25, -0.2) is 4.79 Å². The second kappa shape index (κ2) is 10.7. The topological polar surface area (TPSA) is 74.6 Å². The fourth-order valence-electron chi connectivity index (χ4n) is 4.69. The zero-order chi connectivity index (χ0) is 23.2. The van der Waals surface area contributed by atoms with E-state index in [0.29, 0.717) is 17.6 Å². The summed E-state index contributed by atoms with van der Waals surface area (Å²) in [5.41, 5.74) is 3.82. The molecule has 0 spiro atoms. The lowest BCUT2D eigenvalue weighted by Gasteiger charge is -2.35. The van der Waals surface area contributed by atoms with Crippen LogP contribution < -0.4 is 15.5 Å². The molecule has 2 heterocycles. The Morgan fingerprint density at radius 3 is 2.64 bits per heavy atom. The molecule has 0 bridgehead atoms. The Bertz CT molecular complexity index is 977. The first kappa shape index (κ1) is 23.1. The van der Waals surface area contributed by atoms with Crippen molar-refractivity contribution in [1.82, 2.24) is 15.1 Å². The molecule has 2 N–H and O–H groups in total. The number of likely N-dealkylation sites (tertiary alicyclic amines) is 1. The predicted octanol–water partition coefficient (Wildman–Crippen LogP) is 3.48. The molecule has 2 aliphatic rings. The fraction of sp³-hybridized carbons (Fsp3) is 0.462. The normalized spacial score (nSPS) is 19.7.